The fraction of sp³-hybridized carbons (Fsp3) is 0.250. The van der Waals surface area contributed by atoms with Gasteiger partial charge in [0.2, 0.25) is 0 Å². The summed E-state index contributed by atoms with van der Waals surface area (Å²) in [6.07, 6.45) is 2.44. The lowest BCUT2D eigenvalue weighted by atomic mass is 10.2. The molecular weight excluding hydrogens is 266 g/mol. The van der Waals surface area contributed by atoms with Crippen LogP contribution in [0.25, 0.3) is 0 Å². The fourth-order valence-electron chi connectivity index (χ4n) is 1.94. The normalized spacial score (nSPS) is 10.0. The first kappa shape index (κ1) is 14.8. The number of aromatic nitrogens is 1. The molecule has 0 radical (unpaired) electrons. The van der Waals surface area contributed by atoms with Gasteiger partial charge < -0.3 is 15.4 Å². The van der Waals surface area contributed by atoms with Crippen LogP contribution in [0.1, 0.15) is 11.3 Å². The number of methoxy groups -OCH3 is 1. The number of carbonyl (C=O) groups excluding carboxylic acids is 1. The Balaban J connectivity index is 1.86. The van der Waals surface area contributed by atoms with E-state index in [0.29, 0.717) is 24.4 Å². The summed E-state index contributed by atoms with van der Waals surface area (Å²) in [5.41, 5.74) is 2.67. The minimum absolute atomic E-state index is 0.255. The standard InChI is InChI=1S/C16H19N3O2/c1-12-6-7-15(21-2)14(11-12)19-16(20)18-10-8-13-5-3-4-9-17-13/h3-7,9,11H,8,10H2,1-2H3,(H2,18,19,20). The molecule has 0 unspecified atom stereocenters. The number of aryl methyl sites for hydroxylation is 1. The van der Waals surface area contributed by atoms with E-state index in [9.17, 15) is 4.79 Å². The van der Waals surface area contributed by atoms with Gasteiger partial charge in [-0.3, -0.25) is 4.98 Å². The zero-order valence-corrected chi connectivity index (χ0v) is 12.2. The SMILES string of the molecule is COc1ccc(C)cc1NC(=O)NCCc1ccccn1. The summed E-state index contributed by atoms with van der Waals surface area (Å²) in [6, 6.07) is 11.1. The number of rotatable bonds is 5. The number of anilines is 1. The summed E-state index contributed by atoms with van der Waals surface area (Å²) in [6.45, 7) is 2.49. The number of carbonyl (C=O) groups is 1. The van der Waals surface area contributed by atoms with Gasteiger partial charge in [0, 0.05) is 24.9 Å². The van der Waals surface area contributed by atoms with Gasteiger partial charge >= 0.3 is 6.03 Å². The highest BCUT2D eigenvalue weighted by molar-refractivity contribution is 5.91. The van der Waals surface area contributed by atoms with Crippen molar-refractivity contribution in [3.05, 3.63) is 53.9 Å². The average Bonchev–Trinajstić information content (AvgIpc) is 2.48. The first-order valence-corrected chi connectivity index (χ1v) is 6.78. The second-order valence-electron chi connectivity index (χ2n) is 4.66. The minimum Gasteiger partial charge on any atom is -0.495 e. The first-order valence-electron chi connectivity index (χ1n) is 6.78. The van der Waals surface area contributed by atoms with Crippen LogP contribution in [0.4, 0.5) is 10.5 Å². The molecule has 2 N–H and O–H groups in total. The summed E-state index contributed by atoms with van der Waals surface area (Å²) in [4.78, 5) is 16.1. The molecule has 2 rings (SSSR count). The van der Waals surface area contributed by atoms with Crippen molar-refractivity contribution < 1.29 is 9.53 Å². The molecule has 0 aliphatic heterocycles. The van der Waals surface area contributed by atoms with Crippen LogP contribution in [0.2, 0.25) is 0 Å². The number of nitrogens with one attached hydrogen (secondary N) is 2. The van der Waals surface area contributed by atoms with E-state index in [1.165, 1.54) is 0 Å². The van der Waals surface area contributed by atoms with Crippen LogP contribution >= 0.6 is 0 Å². The van der Waals surface area contributed by atoms with Crippen LogP contribution in [0.3, 0.4) is 0 Å². The van der Waals surface area contributed by atoms with Gasteiger partial charge in [-0.15, -0.1) is 0 Å². The number of ether oxygens (including phenoxy) is 1. The maximum atomic E-state index is 11.9. The van der Waals surface area contributed by atoms with Crippen molar-refractivity contribution in [2.45, 2.75) is 13.3 Å². The Kier molecular flexibility index (Phi) is 5.15. The quantitative estimate of drug-likeness (QED) is 0.888. The van der Waals surface area contributed by atoms with Crippen LogP contribution in [-0.2, 0) is 6.42 Å². The molecule has 21 heavy (non-hydrogen) atoms. The number of benzene rings is 1. The number of amides is 2. The minimum atomic E-state index is -0.255. The highest BCUT2D eigenvalue weighted by Gasteiger charge is 2.07. The third-order valence-corrected chi connectivity index (χ3v) is 3.00. The Morgan fingerprint density at radius 2 is 2.14 bits per heavy atom. The number of hydrogen-bond acceptors (Lipinski definition) is 3. The molecule has 1 aromatic heterocycles. The number of pyridine rings is 1. The lowest BCUT2D eigenvalue weighted by molar-refractivity contribution is 0.252. The molecule has 0 saturated carbocycles. The molecule has 0 saturated heterocycles. The second-order valence-corrected chi connectivity index (χ2v) is 4.66. The van der Waals surface area contributed by atoms with Crippen LogP contribution in [0.15, 0.2) is 42.6 Å². The average molecular weight is 285 g/mol. The molecule has 5 nitrogen and oxygen atoms in total. The van der Waals surface area contributed by atoms with Crippen LogP contribution < -0.4 is 15.4 Å². The Morgan fingerprint density at radius 1 is 1.29 bits per heavy atom. The monoisotopic (exact) mass is 285 g/mol. The van der Waals surface area contributed by atoms with Crippen molar-refractivity contribution in [1.29, 1.82) is 0 Å². The molecule has 1 aromatic carbocycles. The first-order chi connectivity index (χ1) is 10.2. The van der Waals surface area contributed by atoms with Gasteiger partial charge in [-0.2, -0.15) is 0 Å². The van der Waals surface area contributed by atoms with E-state index in [1.807, 2.05) is 43.3 Å². The predicted molar refractivity (Wildman–Crippen MR) is 82.7 cm³/mol. The lowest BCUT2D eigenvalue weighted by Crippen LogP contribution is -2.30. The summed E-state index contributed by atoms with van der Waals surface area (Å²) in [5, 5.41) is 5.60. The summed E-state index contributed by atoms with van der Waals surface area (Å²) < 4.78 is 5.22. The van der Waals surface area contributed by atoms with Gasteiger partial charge in [-0.05, 0) is 36.8 Å². The third kappa shape index (κ3) is 4.49. The maximum Gasteiger partial charge on any atom is 0.319 e. The van der Waals surface area contributed by atoms with Crippen molar-refractivity contribution in [2.75, 3.05) is 19.0 Å². The van der Waals surface area contributed by atoms with Crippen molar-refractivity contribution in [3.63, 3.8) is 0 Å². The molecule has 0 aliphatic rings. The number of nitrogens with zero attached hydrogens (tertiary/aromatic N) is 1. The van der Waals surface area contributed by atoms with Crippen LogP contribution in [-0.4, -0.2) is 24.7 Å². The highest BCUT2D eigenvalue weighted by atomic mass is 16.5. The Hall–Kier alpha value is -2.56. The Morgan fingerprint density at radius 3 is 2.86 bits per heavy atom. The Labute approximate surface area is 124 Å². The Bertz CT molecular complexity index is 600. The molecule has 1 heterocycles. The largest absolute Gasteiger partial charge is 0.495 e. The van der Waals surface area contributed by atoms with Crippen molar-refractivity contribution >= 4 is 11.7 Å². The van der Waals surface area contributed by atoms with Gasteiger partial charge in [0.25, 0.3) is 0 Å². The molecule has 0 fully saturated rings. The molecule has 5 heteroatoms. The number of urea groups is 1. The summed E-state index contributed by atoms with van der Waals surface area (Å²) in [5.74, 6) is 0.639. The molecule has 0 aliphatic carbocycles. The fourth-order valence-corrected chi connectivity index (χ4v) is 1.94. The van der Waals surface area contributed by atoms with E-state index >= 15 is 0 Å². The maximum absolute atomic E-state index is 11.9. The zero-order chi connectivity index (χ0) is 15.1. The van der Waals surface area contributed by atoms with E-state index in [1.54, 1.807) is 13.3 Å². The van der Waals surface area contributed by atoms with E-state index in [2.05, 4.69) is 15.6 Å². The zero-order valence-electron chi connectivity index (χ0n) is 12.2. The summed E-state index contributed by atoms with van der Waals surface area (Å²) >= 11 is 0. The van der Waals surface area contributed by atoms with Gasteiger partial charge in [-0.1, -0.05) is 12.1 Å². The molecule has 0 bridgehead atoms. The van der Waals surface area contributed by atoms with Gasteiger partial charge in [-0.25, -0.2) is 4.79 Å². The van der Waals surface area contributed by atoms with Crippen molar-refractivity contribution in [1.82, 2.24) is 10.3 Å². The highest BCUT2D eigenvalue weighted by Crippen LogP contribution is 2.24. The van der Waals surface area contributed by atoms with Gasteiger partial charge in [0.1, 0.15) is 5.75 Å². The number of hydrogen-bond donors (Lipinski definition) is 2. The topological polar surface area (TPSA) is 63.2 Å². The molecule has 2 aromatic rings. The molecule has 0 spiro atoms. The van der Waals surface area contributed by atoms with Crippen molar-refractivity contribution in [3.8, 4) is 5.75 Å². The summed E-state index contributed by atoms with van der Waals surface area (Å²) in [7, 11) is 1.58. The van der Waals surface area contributed by atoms with Crippen molar-refractivity contribution in [2.24, 2.45) is 0 Å². The van der Waals surface area contributed by atoms with E-state index in [4.69, 9.17) is 4.74 Å². The van der Waals surface area contributed by atoms with Crippen LogP contribution in [0.5, 0.6) is 5.75 Å². The molecular formula is C16H19N3O2. The van der Waals surface area contributed by atoms with E-state index in [-0.39, 0.29) is 6.03 Å². The molecule has 2 amide bonds. The molecule has 0 atom stereocenters. The van der Waals surface area contributed by atoms with E-state index in [0.717, 1.165) is 11.3 Å². The lowest BCUT2D eigenvalue weighted by Gasteiger charge is -2.11. The predicted octanol–water partition coefficient (Wildman–Crippen LogP) is 2.76. The third-order valence-electron chi connectivity index (χ3n) is 3.00. The smallest absolute Gasteiger partial charge is 0.319 e. The molecule has 110 valence electrons. The van der Waals surface area contributed by atoms with E-state index < -0.39 is 0 Å². The van der Waals surface area contributed by atoms with Crippen LogP contribution in [0, 0.1) is 6.92 Å². The van der Waals surface area contributed by atoms with Gasteiger partial charge in [0.05, 0.1) is 12.8 Å². The van der Waals surface area contributed by atoms with Gasteiger partial charge in [0.15, 0.2) is 0 Å². The second kappa shape index (κ2) is 7.28.